The van der Waals surface area contributed by atoms with Gasteiger partial charge in [-0.3, -0.25) is 4.79 Å². The van der Waals surface area contributed by atoms with Gasteiger partial charge < -0.3 is 4.90 Å². The first-order chi connectivity index (χ1) is 8.47. The molecule has 0 N–H and O–H groups in total. The highest BCUT2D eigenvalue weighted by Crippen LogP contribution is 2.44. The fourth-order valence-corrected chi connectivity index (χ4v) is 3.38. The Bertz CT molecular complexity index is 486. The molecule has 2 heteroatoms. The van der Waals surface area contributed by atoms with E-state index in [1.807, 2.05) is 20.8 Å². The molecule has 1 aliphatic heterocycles. The van der Waals surface area contributed by atoms with Gasteiger partial charge in [0.2, 0.25) is 5.91 Å². The Morgan fingerprint density at radius 3 is 2.72 bits per heavy atom. The van der Waals surface area contributed by atoms with Gasteiger partial charge in [0.15, 0.2) is 0 Å². The van der Waals surface area contributed by atoms with Crippen molar-refractivity contribution in [2.45, 2.75) is 39.7 Å². The topological polar surface area (TPSA) is 20.3 Å². The molecule has 1 saturated heterocycles. The fraction of sp³-hybridized carbons (Fsp3) is 0.562. The molecule has 1 heterocycles. The highest BCUT2D eigenvalue weighted by atomic mass is 16.2. The predicted molar refractivity (Wildman–Crippen MR) is 72.2 cm³/mol. The van der Waals surface area contributed by atoms with Crippen LogP contribution in [0.15, 0.2) is 24.3 Å². The summed E-state index contributed by atoms with van der Waals surface area (Å²) in [7, 11) is 0. The summed E-state index contributed by atoms with van der Waals surface area (Å²) in [5, 5.41) is 0. The molecule has 2 atom stereocenters. The molecule has 2 nitrogen and oxygen atoms in total. The van der Waals surface area contributed by atoms with E-state index in [4.69, 9.17) is 0 Å². The maximum absolute atomic E-state index is 12.5. The molecule has 1 aromatic carbocycles. The highest BCUT2D eigenvalue weighted by molar-refractivity contribution is 5.82. The predicted octanol–water partition coefficient (Wildman–Crippen LogP) is 3.18. The van der Waals surface area contributed by atoms with Gasteiger partial charge in [-0.25, -0.2) is 0 Å². The van der Waals surface area contributed by atoms with Crippen LogP contribution in [0.25, 0.3) is 0 Å². The molecule has 96 valence electrons. The Kier molecular flexibility index (Phi) is 2.51. The number of hydrogen-bond donors (Lipinski definition) is 0. The minimum absolute atomic E-state index is 0.271. The van der Waals surface area contributed by atoms with E-state index in [2.05, 4.69) is 29.2 Å². The Hall–Kier alpha value is -1.31. The second-order valence-corrected chi connectivity index (χ2v) is 6.73. The maximum Gasteiger partial charge on any atom is 0.228 e. The zero-order valence-corrected chi connectivity index (χ0v) is 11.4. The van der Waals surface area contributed by atoms with Crippen LogP contribution in [-0.2, 0) is 11.2 Å². The van der Waals surface area contributed by atoms with Crippen LogP contribution >= 0.6 is 0 Å². The third-order valence-electron chi connectivity index (χ3n) is 4.21. The lowest BCUT2D eigenvalue weighted by Crippen LogP contribution is -2.39. The average molecular weight is 243 g/mol. The van der Waals surface area contributed by atoms with E-state index in [0.29, 0.717) is 17.9 Å². The molecule has 0 saturated carbocycles. The lowest BCUT2D eigenvalue weighted by Gasteiger charge is -2.31. The molecule has 2 aliphatic rings. The molecule has 2 bridgehead atoms. The fourth-order valence-electron chi connectivity index (χ4n) is 3.38. The largest absolute Gasteiger partial charge is 0.335 e. The smallest absolute Gasteiger partial charge is 0.228 e. The summed E-state index contributed by atoms with van der Waals surface area (Å²) in [6, 6.07) is 8.95. The van der Waals surface area contributed by atoms with Crippen LogP contribution in [0.1, 0.15) is 44.4 Å². The van der Waals surface area contributed by atoms with Crippen LogP contribution in [0.2, 0.25) is 0 Å². The number of benzene rings is 1. The van der Waals surface area contributed by atoms with Gasteiger partial charge in [-0.15, -0.1) is 0 Å². The highest BCUT2D eigenvalue weighted by Gasteiger charge is 2.43. The number of likely N-dealkylation sites (tertiary alicyclic amines) is 1. The van der Waals surface area contributed by atoms with Crippen molar-refractivity contribution in [1.29, 1.82) is 0 Å². The van der Waals surface area contributed by atoms with Crippen molar-refractivity contribution in [3.63, 3.8) is 0 Å². The average Bonchev–Trinajstić information content (AvgIpc) is 2.65. The second-order valence-electron chi connectivity index (χ2n) is 6.73. The lowest BCUT2D eigenvalue weighted by molar-refractivity contribution is -0.140. The van der Waals surface area contributed by atoms with Crippen LogP contribution in [0.3, 0.4) is 0 Å². The van der Waals surface area contributed by atoms with Gasteiger partial charge in [0.1, 0.15) is 0 Å². The van der Waals surface area contributed by atoms with Gasteiger partial charge in [0, 0.05) is 12.0 Å². The molecule has 0 radical (unpaired) electrons. The van der Waals surface area contributed by atoms with Crippen molar-refractivity contribution in [3.8, 4) is 0 Å². The first-order valence-corrected chi connectivity index (χ1v) is 6.85. The minimum atomic E-state index is -0.271. The normalized spacial score (nSPS) is 26.1. The van der Waals surface area contributed by atoms with Crippen molar-refractivity contribution >= 4 is 5.91 Å². The van der Waals surface area contributed by atoms with Gasteiger partial charge in [-0.2, -0.15) is 0 Å². The first kappa shape index (κ1) is 11.8. The van der Waals surface area contributed by atoms with Gasteiger partial charge in [-0.05, 0) is 29.9 Å². The van der Waals surface area contributed by atoms with E-state index in [1.54, 1.807) is 0 Å². The Morgan fingerprint density at radius 1 is 1.28 bits per heavy atom. The SMILES string of the molecule is CC(C)(C)C(=O)N1CC2Cc3ccccc3C1C2. The quantitative estimate of drug-likeness (QED) is 0.685. The standard InChI is InChI=1S/C16H21NO/c1-16(2,3)15(18)17-10-11-8-12-6-4-5-7-13(12)14(17)9-11/h4-7,11,14H,8-10H2,1-3H3. The van der Waals surface area contributed by atoms with Gasteiger partial charge in [0.05, 0.1) is 6.04 Å². The Labute approximate surface area is 109 Å². The third kappa shape index (κ3) is 1.75. The van der Waals surface area contributed by atoms with Crippen molar-refractivity contribution in [2.75, 3.05) is 6.54 Å². The molecule has 1 aromatic rings. The van der Waals surface area contributed by atoms with E-state index in [-0.39, 0.29) is 5.41 Å². The van der Waals surface area contributed by atoms with Gasteiger partial charge in [0.25, 0.3) is 0 Å². The molecule has 1 fully saturated rings. The van der Waals surface area contributed by atoms with Crippen LogP contribution in [0.5, 0.6) is 0 Å². The van der Waals surface area contributed by atoms with Crippen LogP contribution in [-0.4, -0.2) is 17.4 Å². The molecule has 1 amide bonds. The molecule has 18 heavy (non-hydrogen) atoms. The summed E-state index contributed by atoms with van der Waals surface area (Å²) < 4.78 is 0. The van der Waals surface area contributed by atoms with Crippen LogP contribution in [0, 0.1) is 11.3 Å². The van der Waals surface area contributed by atoms with Crippen LogP contribution in [0.4, 0.5) is 0 Å². The first-order valence-electron chi connectivity index (χ1n) is 6.85. The van der Waals surface area contributed by atoms with E-state index < -0.39 is 0 Å². The van der Waals surface area contributed by atoms with E-state index >= 15 is 0 Å². The van der Waals surface area contributed by atoms with E-state index in [9.17, 15) is 4.79 Å². The number of fused-ring (bicyclic) bond motifs is 4. The lowest BCUT2D eigenvalue weighted by atomic mass is 9.84. The minimum Gasteiger partial charge on any atom is -0.335 e. The molecule has 0 aromatic heterocycles. The molecular weight excluding hydrogens is 222 g/mol. The second kappa shape index (κ2) is 3.84. The van der Waals surface area contributed by atoms with Crippen molar-refractivity contribution in [1.82, 2.24) is 4.90 Å². The van der Waals surface area contributed by atoms with Gasteiger partial charge in [-0.1, -0.05) is 45.0 Å². The molecule has 0 spiro atoms. The monoisotopic (exact) mass is 243 g/mol. The Morgan fingerprint density at radius 2 is 2.00 bits per heavy atom. The molecule has 2 unspecified atom stereocenters. The zero-order valence-electron chi connectivity index (χ0n) is 11.4. The summed E-state index contributed by atoms with van der Waals surface area (Å²) >= 11 is 0. The van der Waals surface area contributed by atoms with Gasteiger partial charge >= 0.3 is 0 Å². The number of amides is 1. The maximum atomic E-state index is 12.5. The summed E-state index contributed by atoms with van der Waals surface area (Å²) in [6.45, 7) is 6.99. The number of nitrogens with zero attached hydrogens (tertiary/aromatic N) is 1. The molecule has 3 rings (SSSR count). The summed E-state index contributed by atoms with van der Waals surface area (Å²) in [6.07, 6.45) is 2.29. The van der Waals surface area contributed by atoms with E-state index in [0.717, 1.165) is 19.4 Å². The van der Waals surface area contributed by atoms with E-state index in [1.165, 1.54) is 11.1 Å². The van der Waals surface area contributed by atoms with Crippen LogP contribution < -0.4 is 0 Å². The number of carbonyl (C=O) groups excluding carboxylic acids is 1. The number of carbonyl (C=O) groups is 1. The van der Waals surface area contributed by atoms with Crippen molar-refractivity contribution in [3.05, 3.63) is 35.4 Å². The number of rotatable bonds is 0. The summed E-state index contributed by atoms with van der Waals surface area (Å²) in [5.41, 5.74) is 2.55. The zero-order chi connectivity index (χ0) is 12.9. The van der Waals surface area contributed by atoms with Crippen molar-refractivity contribution < 1.29 is 4.79 Å². The summed E-state index contributed by atoms with van der Waals surface area (Å²) in [5.74, 6) is 0.961. The molecule has 1 aliphatic carbocycles. The Balaban J connectivity index is 1.96. The number of hydrogen-bond acceptors (Lipinski definition) is 1. The van der Waals surface area contributed by atoms with Crippen molar-refractivity contribution in [2.24, 2.45) is 11.3 Å². The third-order valence-corrected chi connectivity index (χ3v) is 4.21. The summed E-state index contributed by atoms with van der Waals surface area (Å²) in [4.78, 5) is 14.7. The molecular formula is C16H21NO.